The van der Waals surface area contributed by atoms with Gasteiger partial charge in [-0.05, 0) is 36.4 Å². The molecule has 2 heterocycles. The van der Waals surface area contributed by atoms with Gasteiger partial charge in [0.1, 0.15) is 16.8 Å². The van der Waals surface area contributed by atoms with Gasteiger partial charge in [-0.3, -0.25) is 14.5 Å². The van der Waals surface area contributed by atoms with E-state index in [4.69, 9.17) is 9.52 Å². The van der Waals surface area contributed by atoms with Gasteiger partial charge in [0.25, 0.3) is 0 Å². The summed E-state index contributed by atoms with van der Waals surface area (Å²) in [5.74, 6) is -1.50. The molecule has 0 spiro atoms. The fourth-order valence-corrected chi connectivity index (χ4v) is 3.23. The second-order valence-electron chi connectivity index (χ2n) is 5.00. The molecular formula is C16H12FN3O4S. The molecule has 9 heteroatoms. The molecule has 1 amide bonds. The Morgan fingerprint density at radius 1 is 1.36 bits per heavy atom. The molecule has 7 nitrogen and oxygen atoms in total. The number of amidine groups is 1. The van der Waals surface area contributed by atoms with Crippen LogP contribution in [0.25, 0.3) is 0 Å². The van der Waals surface area contributed by atoms with Crippen LogP contribution in [-0.2, 0) is 9.59 Å². The highest BCUT2D eigenvalue weighted by atomic mass is 32.2. The number of hydrogen-bond donors (Lipinski definition) is 1. The average Bonchev–Trinajstić information content (AvgIpc) is 3.18. The van der Waals surface area contributed by atoms with Gasteiger partial charge in [-0.25, -0.2) is 4.39 Å². The third-order valence-electron chi connectivity index (χ3n) is 3.25. The van der Waals surface area contributed by atoms with Gasteiger partial charge in [-0.2, -0.15) is 5.10 Å². The monoisotopic (exact) mass is 361 g/mol. The molecule has 1 aromatic heterocycles. The van der Waals surface area contributed by atoms with Crippen LogP contribution in [0.4, 0.5) is 10.1 Å². The number of carboxylic acid groups (broad SMARTS) is 1. The molecule has 2 aromatic rings. The summed E-state index contributed by atoms with van der Waals surface area (Å²) in [4.78, 5) is 24.7. The quantitative estimate of drug-likeness (QED) is 0.653. The number of aliphatic carboxylic acids is 1. The molecular weight excluding hydrogens is 349 g/mol. The van der Waals surface area contributed by atoms with Crippen LogP contribution in [0.3, 0.4) is 0 Å². The molecule has 0 bridgehead atoms. The lowest BCUT2D eigenvalue weighted by Gasteiger charge is -2.15. The van der Waals surface area contributed by atoms with Crippen LogP contribution < -0.4 is 4.90 Å². The lowest BCUT2D eigenvalue weighted by Crippen LogP contribution is -2.32. The maximum Gasteiger partial charge on any atom is 0.305 e. The highest BCUT2D eigenvalue weighted by Crippen LogP contribution is 2.33. The molecule has 1 atom stereocenters. The molecule has 0 radical (unpaired) electrons. The fourth-order valence-electron chi connectivity index (χ4n) is 2.15. The lowest BCUT2D eigenvalue weighted by atomic mass is 10.2. The van der Waals surface area contributed by atoms with E-state index in [-0.39, 0.29) is 11.6 Å². The SMILES string of the molecule is O=C(O)C[C@@H]1S/C(=N\N=C/c2ccco2)N(c2ccc(F)cc2)C1=O. The van der Waals surface area contributed by atoms with Crippen LogP contribution in [0.15, 0.2) is 57.3 Å². The number of carboxylic acids is 1. The molecule has 1 fully saturated rings. The van der Waals surface area contributed by atoms with Gasteiger partial charge in [0.15, 0.2) is 5.17 Å². The fraction of sp³-hybridized carbons (Fsp3) is 0.125. The number of carbonyl (C=O) groups excluding carboxylic acids is 1. The number of amides is 1. The highest BCUT2D eigenvalue weighted by Gasteiger charge is 2.40. The van der Waals surface area contributed by atoms with E-state index in [0.717, 1.165) is 11.8 Å². The summed E-state index contributed by atoms with van der Waals surface area (Å²) in [6.07, 6.45) is 2.50. The number of carbonyl (C=O) groups is 2. The van der Waals surface area contributed by atoms with Crippen molar-refractivity contribution in [2.75, 3.05) is 4.90 Å². The van der Waals surface area contributed by atoms with E-state index < -0.39 is 22.9 Å². The Morgan fingerprint density at radius 3 is 2.76 bits per heavy atom. The molecule has 1 saturated heterocycles. The topological polar surface area (TPSA) is 95.5 Å². The highest BCUT2D eigenvalue weighted by molar-refractivity contribution is 8.16. The molecule has 1 aromatic carbocycles. The minimum atomic E-state index is -1.09. The molecule has 25 heavy (non-hydrogen) atoms. The predicted octanol–water partition coefficient (Wildman–Crippen LogP) is 2.73. The Balaban J connectivity index is 1.90. The Morgan fingerprint density at radius 2 is 2.12 bits per heavy atom. The van der Waals surface area contributed by atoms with Crippen molar-refractivity contribution in [3.63, 3.8) is 0 Å². The number of furan rings is 1. The molecule has 1 N–H and O–H groups in total. The van der Waals surface area contributed by atoms with Crippen LogP contribution >= 0.6 is 11.8 Å². The number of hydrogen-bond acceptors (Lipinski definition) is 6. The van der Waals surface area contributed by atoms with Crippen LogP contribution in [0, 0.1) is 5.82 Å². The first-order valence-corrected chi connectivity index (χ1v) is 8.05. The molecule has 128 valence electrons. The molecule has 3 rings (SSSR count). The number of thioether (sulfide) groups is 1. The van der Waals surface area contributed by atoms with Gasteiger partial charge in [-0.1, -0.05) is 11.8 Å². The second kappa shape index (κ2) is 7.31. The van der Waals surface area contributed by atoms with Gasteiger partial charge in [-0.15, -0.1) is 5.10 Å². The number of halogens is 1. The van der Waals surface area contributed by atoms with Crippen LogP contribution in [0.2, 0.25) is 0 Å². The van der Waals surface area contributed by atoms with Crippen LogP contribution in [-0.4, -0.2) is 33.6 Å². The zero-order valence-corrected chi connectivity index (χ0v) is 13.5. The van der Waals surface area contributed by atoms with Crippen molar-refractivity contribution in [3.8, 4) is 0 Å². The van der Waals surface area contributed by atoms with E-state index in [0.29, 0.717) is 11.4 Å². The van der Waals surface area contributed by atoms with Crippen molar-refractivity contribution in [2.24, 2.45) is 10.2 Å². The Kier molecular flexibility index (Phi) is 4.94. The summed E-state index contributed by atoms with van der Waals surface area (Å²) in [5.41, 5.74) is 0.388. The van der Waals surface area contributed by atoms with Gasteiger partial charge in [0, 0.05) is 0 Å². The maximum absolute atomic E-state index is 13.1. The minimum Gasteiger partial charge on any atom is -0.481 e. The number of anilines is 1. The average molecular weight is 361 g/mol. The lowest BCUT2D eigenvalue weighted by molar-refractivity contribution is -0.138. The zero-order valence-electron chi connectivity index (χ0n) is 12.7. The number of rotatable bonds is 5. The zero-order chi connectivity index (χ0) is 17.8. The first-order valence-electron chi connectivity index (χ1n) is 7.17. The van der Waals surface area contributed by atoms with Gasteiger partial charge >= 0.3 is 5.97 Å². The van der Waals surface area contributed by atoms with E-state index >= 15 is 0 Å². The molecule has 0 saturated carbocycles. The summed E-state index contributed by atoms with van der Waals surface area (Å²) < 4.78 is 18.2. The number of nitrogens with zero attached hydrogens (tertiary/aromatic N) is 3. The van der Waals surface area contributed by atoms with Gasteiger partial charge in [0.2, 0.25) is 5.91 Å². The van der Waals surface area contributed by atoms with Crippen molar-refractivity contribution in [3.05, 3.63) is 54.2 Å². The van der Waals surface area contributed by atoms with E-state index in [1.165, 1.54) is 41.6 Å². The first-order chi connectivity index (χ1) is 12.0. The summed E-state index contributed by atoms with van der Waals surface area (Å²) in [7, 11) is 0. The van der Waals surface area contributed by atoms with Crippen LogP contribution in [0.1, 0.15) is 12.2 Å². The predicted molar refractivity (Wildman–Crippen MR) is 91.3 cm³/mol. The largest absolute Gasteiger partial charge is 0.481 e. The third-order valence-corrected chi connectivity index (χ3v) is 4.38. The second-order valence-corrected chi connectivity index (χ2v) is 6.17. The van der Waals surface area contributed by atoms with Gasteiger partial charge < -0.3 is 9.52 Å². The van der Waals surface area contributed by atoms with Crippen molar-refractivity contribution in [1.82, 2.24) is 0 Å². The van der Waals surface area contributed by atoms with Crippen molar-refractivity contribution in [1.29, 1.82) is 0 Å². The summed E-state index contributed by atoms with van der Waals surface area (Å²) >= 11 is 0.999. The minimum absolute atomic E-state index is 0.214. The third kappa shape index (κ3) is 3.94. The summed E-state index contributed by atoms with van der Waals surface area (Å²) in [5, 5.41) is 16.2. The number of benzene rings is 1. The van der Waals surface area contributed by atoms with E-state index in [9.17, 15) is 14.0 Å². The normalized spacial score (nSPS) is 19.2. The standard InChI is InChI=1S/C16H12FN3O4S/c17-10-3-5-11(6-4-10)20-15(23)13(8-14(21)22)25-16(20)19-18-9-12-2-1-7-24-12/h1-7,9,13H,8H2,(H,21,22)/b18-9-,19-16-/t13-/m0/s1. The smallest absolute Gasteiger partial charge is 0.305 e. The maximum atomic E-state index is 13.1. The van der Waals surface area contributed by atoms with E-state index in [2.05, 4.69) is 10.2 Å². The van der Waals surface area contributed by atoms with Crippen molar-refractivity contribution < 1.29 is 23.5 Å². The summed E-state index contributed by atoms with van der Waals surface area (Å²) in [6.45, 7) is 0. The molecule has 1 aliphatic rings. The molecule has 0 aliphatic carbocycles. The molecule has 0 unspecified atom stereocenters. The molecule has 1 aliphatic heterocycles. The van der Waals surface area contributed by atoms with E-state index in [1.54, 1.807) is 12.1 Å². The van der Waals surface area contributed by atoms with Gasteiger partial charge in [0.05, 0.1) is 24.6 Å². The van der Waals surface area contributed by atoms with Crippen LogP contribution in [0.5, 0.6) is 0 Å². The first kappa shape index (κ1) is 16.9. The van der Waals surface area contributed by atoms with Crippen molar-refractivity contribution in [2.45, 2.75) is 11.7 Å². The Labute approximate surface area is 145 Å². The van der Waals surface area contributed by atoms with E-state index in [1.807, 2.05) is 0 Å². The Bertz CT molecular complexity index is 834. The van der Waals surface area contributed by atoms with Crippen molar-refractivity contribution >= 4 is 40.7 Å². The Hall–Kier alpha value is -2.94. The summed E-state index contributed by atoms with van der Waals surface area (Å²) in [6, 6.07) is 8.63.